The third-order valence-electron chi connectivity index (χ3n) is 4.75. The Morgan fingerprint density at radius 1 is 1.24 bits per heavy atom. The van der Waals surface area contributed by atoms with E-state index in [2.05, 4.69) is 5.32 Å². The summed E-state index contributed by atoms with van der Waals surface area (Å²) in [6.45, 7) is 1.75. The number of rotatable bonds is 3. The van der Waals surface area contributed by atoms with Crippen molar-refractivity contribution in [2.75, 3.05) is 4.90 Å². The molecule has 0 unspecified atom stereocenters. The predicted molar refractivity (Wildman–Crippen MR) is 94.7 cm³/mol. The van der Waals surface area contributed by atoms with Crippen molar-refractivity contribution in [2.24, 2.45) is 0 Å². The molecule has 2 aromatic rings. The summed E-state index contributed by atoms with van der Waals surface area (Å²) in [6, 6.07) is 13.4. The van der Waals surface area contributed by atoms with Crippen molar-refractivity contribution in [1.82, 2.24) is 5.32 Å². The first-order chi connectivity index (χ1) is 12.0. The fourth-order valence-corrected chi connectivity index (χ4v) is 4.93. The third-order valence-corrected chi connectivity index (χ3v) is 6.22. The molecule has 0 bridgehead atoms. The minimum atomic E-state index is -0.972. The van der Waals surface area contributed by atoms with Gasteiger partial charge in [0.05, 0.1) is 11.7 Å². The summed E-state index contributed by atoms with van der Waals surface area (Å²) in [4.78, 5) is 27.1. The molecule has 0 saturated carbocycles. The number of fused-ring (bicyclic) bond motifs is 3. The van der Waals surface area contributed by atoms with Crippen LogP contribution < -0.4 is 10.2 Å². The van der Waals surface area contributed by atoms with Crippen molar-refractivity contribution in [1.29, 1.82) is 0 Å². The summed E-state index contributed by atoms with van der Waals surface area (Å²) >= 11 is 1.41. The minimum Gasteiger partial charge on any atom is -0.347 e. The quantitative estimate of drug-likeness (QED) is 0.914. The van der Waals surface area contributed by atoms with E-state index in [1.165, 1.54) is 17.8 Å². The van der Waals surface area contributed by atoms with Crippen LogP contribution in [0.5, 0.6) is 0 Å². The maximum absolute atomic E-state index is 14.0. The van der Waals surface area contributed by atoms with Gasteiger partial charge in [0.25, 0.3) is 5.91 Å². The first-order valence-electron chi connectivity index (χ1n) is 8.19. The van der Waals surface area contributed by atoms with E-state index in [1.54, 1.807) is 30.0 Å². The molecule has 0 radical (unpaired) electrons. The van der Waals surface area contributed by atoms with Gasteiger partial charge in [-0.2, -0.15) is 0 Å². The second-order valence-corrected chi connectivity index (χ2v) is 7.62. The van der Waals surface area contributed by atoms with E-state index >= 15 is 0 Å². The monoisotopic (exact) mass is 356 g/mol. The lowest BCUT2D eigenvalue weighted by Gasteiger charge is -2.31. The second kappa shape index (κ2) is 5.88. The molecule has 2 aromatic carbocycles. The number of nitrogens with one attached hydrogen (secondary N) is 1. The molecule has 2 heterocycles. The molecule has 2 atom stereocenters. The van der Waals surface area contributed by atoms with Crippen molar-refractivity contribution in [3.8, 4) is 0 Å². The highest BCUT2D eigenvalue weighted by atomic mass is 32.2. The number of halogens is 1. The van der Waals surface area contributed by atoms with Crippen LogP contribution in [-0.2, 0) is 9.59 Å². The third kappa shape index (κ3) is 2.43. The van der Waals surface area contributed by atoms with Gasteiger partial charge in [-0.15, -0.1) is 0 Å². The normalized spacial score (nSPS) is 22.5. The van der Waals surface area contributed by atoms with Gasteiger partial charge in [-0.1, -0.05) is 42.1 Å². The maximum Gasteiger partial charge on any atom is 0.257 e. The molecule has 0 spiro atoms. The largest absolute Gasteiger partial charge is 0.347 e. The van der Waals surface area contributed by atoms with Crippen LogP contribution in [0.1, 0.15) is 31.4 Å². The number of nitrogens with zero attached hydrogens (tertiary/aromatic N) is 1. The molecular weight excluding hydrogens is 339 g/mol. The molecule has 1 N–H and O–H groups in total. The van der Waals surface area contributed by atoms with E-state index in [1.807, 2.05) is 24.3 Å². The Balaban J connectivity index is 1.64. The topological polar surface area (TPSA) is 49.4 Å². The van der Waals surface area contributed by atoms with E-state index < -0.39 is 10.9 Å². The Morgan fingerprint density at radius 2 is 1.96 bits per heavy atom. The Labute approximate surface area is 149 Å². The molecule has 25 heavy (non-hydrogen) atoms. The Hall–Kier alpha value is -2.34. The maximum atomic E-state index is 14.0. The van der Waals surface area contributed by atoms with Crippen molar-refractivity contribution < 1.29 is 14.0 Å². The van der Waals surface area contributed by atoms with Crippen molar-refractivity contribution in [2.45, 2.75) is 35.6 Å². The van der Waals surface area contributed by atoms with E-state index in [0.717, 1.165) is 10.6 Å². The van der Waals surface area contributed by atoms with Crippen molar-refractivity contribution in [3.63, 3.8) is 0 Å². The van der Waals surface area contributed by atoms with Gasteiger partial charge in [0.2, 0.25) is 5.91 Å². The van der Waals surface area contributed by atoms with Gasteiger partial charge in [0.1, 0.15) is 5.82 Å². The van der Waals surface area contributed by atoms with E-state index in [9.17, 15) is 14.0 Å². The number of benzene rings is 2. The molecule has 1 fully saturated rings. The number of carbonyl (C=O) groups excluding carboxylic acids is 2. The molecule has 0 aromatic heterocycles. The van der Waals surface area contributed by atoms with Crippen LogP contribution in [0.4, 0.5) is 10.1 Å². The smallest absolute Gasteiger partial charge is 0.257 e. The van der Waals surface area contributed by atoms with Crippen LogP contribution in [0.15, 0.2) is 53.4 Å². The van der Waals surface area contributed by atoms with Crippen LogP contribution >= 0.6 is 11.8 Å². The van der Waals surface area contributed by atoms with Gasteiger partial charge in [-0.25, -0.2) is 4.39 Å². The van der Waals surface area contributed by atoms with Gasteiger partial charge in [-0.3, -0.25) is 14.5 Å². The van der Waals surface area contributed by atoms with Gasteiger partial charge in [0, 0.05) is 16.9 Å². The zero-order chi connectivity index (χ0) is 17.6. The van der Waals surface area contributed by atoms with Gasteiger partial charge < -0.3 is 5.32 Å². The lowest BCUT2D eigenvalue weighted by molar-refractivity contribution is -0.125. The number of anilines is 1. The summed E-state index contributed by atoms with van der Waals surface area (Å²) in [5.74, 6) is -0.657. The zero-order valence-electron chi connectivity index (χ0n) is 13.7. The average molecular weight is 356 g/mol. The molecule has 2 aliphatic rings. The van der Waals surface area contributed by atoms with Crippen LogP contribution in [0.25, 0.3) is 0 Å². The van der Waals surface area contributed by atoms with Crippen LogP contribution in [-0.4, -0.2) is 16.7 Å². The molecule has 2 aliphatic heterocycles. The Morgan fingerprint density at radius 3 is 2.76 bits per heavy atom. The lowest BCUT2D eigenvalue weighted by atomic mass is 10.1. The molecular formula is C19H17FN2O2S. The Bertz CT molecular complexity index is 872. The molecule has 6 heteroatoms. The Kier molecular flexibility index (Phi) is 3.80. The summed E-state index contributed by atoms with van der Waals surface area (Å²) < 4.78 is 14.0. The van der Waals surface area contributed by atoms with E-state index in [-0.39, 0.29) is 17.6 Å². The summed E-state index contributed by atoms with van der Waals surface area (Å²) in [5.41, 5.74) is 1.22. The SMILES string of the molecule is C[C@H](NC(=O)[C@]12CCC(=O)N1c1ccccc1S2)c1ccccc1F. The van der Waals surface area contributed by atoms with Crippen LogP contribution in [0.3, 0.4) is 0 Å². The summed E-state index contributed by atoms with van der Waals surface area (Å²) in [6.07, 6.45) is 0.782. The molecule has 1 saturated heterocycles. The van der Waals surface area contributed by atoms with E-state index in [0.29, 0.717) is 18.4 Å². The first kappa shape index (κ1) is 16.1. The number of thioether (sulfide) groups is 1. The van der Waals surface area contributed by atoms with Crippen LogP contribution in [0, 0.1) is 5.82 Å². The highest BCUT2D eigenvalue weighted by molar-refractivity contribution is 8.02. The highest BCUT2D eigenvalue weighted by Crippen LogP contribution is 2.55. The van der Waals surface area contributed by atoms with Crippen molar-refractivity contribution in [3.05, 3.63) is 59.9 Å². The number of hydrogen-bond donors (Lipinski definition) is 1. The van der Waals surface area contributed by atoms with Gasteiger partial charge >= 0.3 is 0 Å². The average Bonchev–Trinajstić information content (AvgIpc) is 3.11. The van der Waals surface area contributed by atoms with Gasteiger partial charge in [-0.05, 0) is 31.5 Å². The highest BCUT2D eigenvalue weighted by Gasteiger charge is 2.57. The summed E-state index contributed by atoms with van der Waals surface area (Å²) in [7, 11) is 0. The van der Waals surface area contributed by atoms with E-state index in [4.69, 9.17) is 0 Å². The molecule has 4 nitrogen and oxygen atoms in total. The predicted octanol–water partition coefficient (Wildman–Crippen LogP) is 3.63. The number of carbonyl (C=O) groups is 2. The second-order valence-electron chi connectivity index (χ2n) is 6.30. The zero-order valence-corrected chi connectivity index (χ0v) is 14.5. The summed E-state index contributed by atoms with van der Waals surface area (Å²) in [5, 5.41) is 2.90. The number of para-hydroxylation sites is 1. The fraction of sp³-hybridized carbons (Fsp3) is 0.263. The molecule has 4 rings (SSSR count). The number of hydrogen-bond acceptors (Lipinski definition) is 3. The fourth-order valence-electron chi connectivity index (χ4n) is 3.51. The van der Waals surface area contributed by atoms with Gasteiger partial charge in [0.15, 0.2) is 4.87 Å². The minimum absolute atomic E-state index is 0.0499. The molecule has 0 aliphatic carbocycles. The molecule has 2 amide bonds. The first-order valence-corrected chi connectivity index (χ1v) is 9.01. The van der Waals surface area contributed by atoms with Crippen molar-refractivity contribution >= 4 is 29.3 Å². The number of amides is 2. The standard InChI is InChI=1S/C19H17FN2O2S/c1-12(13-6-2-3-7-14(13)20)21-18(24)19-11-10-17(23)22(19)15-8-4-5-9-16(15)25-19/h2-9,12H,10-11H2,1H3,(H,21,24)/t12-,19+/m0/s1. The lowest BCUT2D eigenvalue weighted by Crippen LogP contribution is -2.52. The van der Waals surface area contributed by atoms with Crippen LogP contribution in [0.2, 0.25) is 0 Å². The molecule has 128 valence electrons.